The number of nitrogen functional groups attached to an aromatic ring is 1. The summed E-state index contributed by atoms with van der Waals surface area (Å²) in [5, 5.41) is 0. The number of imidazole rings is 1. The SMILES string of the molecule is COC(=O)c1nc(C)n(C2CC2C)c1N. The van der Waals surface area contributed by atoms with Crippen molar-refractivity contribution in [2.75, 3.05) is 12.8 Å². The fourth-order valence-corrected chi connectivity index (χ4v) is 1.89. The molecule has 0 amide bonds. The average Bonchev–Trinajstić information content (AvgIpc) is 2.82. The van der Waals surface area contributed by atoms with Gasteiger partial charge in [0.25, 0.3) is 0 Å². The van der Waals surface area contributed by atoms with Crippen molar-refractivity contribution < 1.29 is 9.53 Å². The summed E-state index contributed by atoms with van der Waals surface area (Å²) in [5.74, 6) is 1.35. The van der Waals surface area contributed by atoms with Gasteiger partial charge in [-0.1, -0.05) is 6.92 Å². The Bertz CT molecular complexity index is 411. The highest BCUT2D eigenvalue weighted by atomic mass is 16.5. The lowest BCUT2D eigenvalue weighted by molar-refractivity contribution is 0.0595. The first-order chi connectivity index (χ1) is 7.06. The fourth-order valence-electron chi connectivity index (χ4n) is 1.89. The molecule has 0 saturated heterocycles. The van der Waals surface area contributed by atoms with Crippen LogP contribution in [0.15, 0.2) is 0 Å². The highest BCUT2D eigenvalue weighted by molar-refractivity contribution is 5.92. The van der Waals surface area contributed by atoms with Crippen molar-refractivity contribution in [1.29, 1.82) is 0 Å². The molecule has 2 rings (SSSR count). The molecule has 0 bridgehead atoms. The average molecular weight is 209 g/mol. The first kappa shape index (κ1) is 10.0. The topological polar surface area (TPSA) is 70.1 Å². The number of carbonyl (C=O) groups is 1. The minimum absolute atomic E-state index is 0.231. The highest BCUT2D eigenvalue weighted by Gasteiger charge is 2.37. The van der Waals surface area contributed by atoms with E-state index in [-0.39, 0.29) is 5.69 Å². The van der Waals surface area contributed by atoms with Crippen molar-refractivity contribution in [3.8, 4) is 0 Å². The van der Waals surface area contributed by atoms with Gasteiger partial charge in [0, 0.05) is 6.04 Å². The summed E-state index contributed by atoms with van der Waals surface area (Å²) in [6.07, 6.45) is 1.10. The highest BCUT2D eigenvalue weighted by Crippen LogP contribution is 2.45. The monoisotopic (exact) mass is 209 g/mol. The van der Waals surface area contributed by atoms with Crippen LogP contribution in [0, 0.1) is 12.8 Å². The summed E-state index contributed by atoms with van der Waals surface area (Å²) in [4.78, 5) is 15.5. The predicted octanol–water partition coefficient (Wildman–Crippen LogP) is 1.14. The molecule has 5 heteroatoms. The molecular weight excluding hydrogens is 194 g/mol. The molecule has 1 aromatic rings. The molecule has 2 unspecified atom stereocenters. The zero-order valence-electron chi connectivity index (χ0n) is 9.15. The number of ether oxygens (including phenoxy) is 1. The normalized spacial score (nSPS) is 23.9. The summed E-state index contributed by atoms with van der Waals surface area (Å²) < 4.78 is 6.55. The molecule has 0 aliphatic heterocycles. The van der Waals surface area contributed by atoms with Gasteiger partial charge < -0.3 is 15.0 Å². The van der Waals surface area contributed by atoms with E-state index in [4.69, 9.17) is 5.73 Å². The van der Waals surface area contributed by atoms with Crippen LogP contribution >= 0.6 is 0 Å². The molecule has 1 aliphatic carbocycles. The number of nitrogens with zero attached hydrogens (tertiary/aromatic N) is 2. The Balaban J connectivity index is 2.40. The molecule has 0 aromatic carbocycles. The second-order valence-electron chi connectivity index (χ2n) is 4.03. The van der Waals surface area contributed by atoms with Crippen LogP contribution in [0.3, 0.4) is 0 Å². The van der Waals surface area contributed by atoms with E-state index in [0.29, 0.717) is 17.8 Å². The number of rotatable bonds is 2. The van der Waals surface area contributed by atoms with Crippen LogP contribution in [0.2, 0.25) is 0 Å². The second-order valence-corrected chi connectivity index (χ2v) is 4.03. The largest absolute Gasteiger partial charge is 0.464 e. The molecular formula is C10H15N3O2. The van der Waals surface area contributed by atoms with Crippen LogP contribution in [-0.2, 0) is 4.74 Å². The van der Waals surface area contributed by atoms with Crippen LogP contribution in [0.1, 0.15) is 35.7 Å². The minimum atomic E-state index is -0.470. The summed E-state index contributed by atoms with van der Waals surface area (Å²) in [5.41, 5.74) is 6.11. The van der Waals surface area contributed by atoms with Crippen LogP contribution in [0.5, 0.6) is 0 Å². The maximum Gasteiger partial charge on any atom is 0.360 e. The first-order valence-electron chi connectivity index (χ1n) is 4.98. The number of methoxy groups -OCH3 is 1. The number of esters is 1. The molecule has 82 valence electrons. The van der Waals surface area contributed by atoms with Gasteiger partial charge in [-0.15, -0.1) is 0 Å². The molecule has 2 N–H and O–H groups in total. The molecule has 1 aromatic heterocycles. The van der Waals surface area contributed by atoms with Crippen molar-refractivity contribution in [2.45, 2.75) is 26.3 Å². The van der Waals surface area contributed by atoms with Gasteiger partial charge in [-0.3, -0.25) is 0 Å². The number of hydrogen-bond acceptors (Lipinski definition) is 4. The van der Waals surface area contributed by atoms with Gasteiger partial charge in [0.1, 0.15) is 11.6 Å². The Labute approximate surface area is 88.2 Å². The molecule has 0 radical (unpaired) electrons. The maximum atomic E-state index is 11.3. The van der Waals surface area contributed by atoms with E-state index in [2.05, 4.69) is 16.6 Å². The van der Waals surface area contributed by atoms with E-state index in [1.165, 1.54) is 7.11 Å². The van der Waals surface area contributed by atoms with Crippen molar-refractivity contribution in [2.24, 2.45) is 5.92 Å². The second kappa shape index (κ2) is 3.25. The molecule has 5 nitrogen and oxygen atoms in total. The Morgan fingerprint density at radius 2 is 2.27 bits per heavy atom. The molecule has 1 aliphatic rings. The lowest BCUT2D eigenvalue weighted by Gasteiger charge is -2.05. The lowest BCUT2D eigenvalue weighted by atomic mass is 10.4. The number of aromatic nitrogens is 2. The van der Waals surface area contributed by atoms with Crippen LogP contribution < -0.4 is 5.73 Å². The summed E-state index contributed by atoms with van der Waals surface area (Å²) in [6, 6.07) is 0.399. The lowest BCUT2D eigenvalue weighted by Crippen LogP contribution is -2.08. The van der Waals surface area contributed by atoms with Crippen molar-refractivity contribution >= 4 is 11.8 Å². The first-order valence-corrected chi connectivity index (χ1v) is 4.98. The van der Waals surface area contributed by atoms with Gasteiger partial charge in [-0.05, 0) is 19.3 Å². The molecule has 0 spiro atoms. The van der Waals surface area contributed by atoms with E-state index >= 15 is 0 Å². The number of hydrogen-bond donors (Lipinski definition) is 1. The van der Waals surface area contributed by atoms with Gasteiger partial charge in [-0.2, -0.15) is 0 Å². The van der Waals surface area contributed by atoms with E-state index in [9.17, 15) is 4.79 Å². The van der Waals surface area contributed by atoms with Gasteiger partial charge >= 0.3 is 5.97 Å². The minimum Gasteiger partial charge on any atom is -0.464 e. The third kappa shape index (κ3) is 1.48. The summed E-state index contributed by atoms with van der Waals surface area (Å²) in [6.45, 7) is 4.01. The van der Waals surface area contributed by atoms with Gasteiger partial charge in [0.2, 0.25) is 0 Å². The van der Waals surface area contributed by atoms with Gasteiger partial charge in [0.05, 0.1) is 7.11 Å². The van der Waals surface area contributed by atoms with E-state index < -0.39 is 5.97 Å². The van der Waals surface area contributed by atoms with Crippen molar-refractivity contribution in [3.05, 3.63) is 11.5 Å². The van der Waals surface area contributed by atoms with Gasteiger partial charge in [-0.25, -0.2) is 9.78 Å². The quantitative estimate of drug-likeness (QED) is 0.741. The molecule has 15 heavy (non-hydrogen) atoms. The molecule has 1 fully saturated rings. The van der Waals surface area contributed by atoms with E-state index in [1.54, 1.807) is 0 Å². The maximum absolute atomic E-state index is 11.3. The number of aryl methyl sites for hydroxylation is 1. The number of nitrogens with two attached hydrogens (primary N) is 1. The zero-order valence-corrected chi connectivity index (χ0v) is 9.15. The Morgan fingerprint density at radius 1 is 1.67 bits per heavy atom. The third-order valence-electron chi connectivity index (χ3n) is 2.90. The molecule has 2 atom stereocenters. The number of anilines is 1. The zero-order chi connectivity index (χ0) is 11.2. The smallest absolute Gasteiger partial charge is 0.360 e. The Hall–Kier alpha value is -1.52. The summed E-state index contributed by atoms with van der Waals surface area (Å²) >= 11 is 0. The standard InChI is InChI=1S/C10H15N3O2/c1-5-4-7(5)13-6(2)12-8(9(13)11)10(14)15-3/h5,7H,4,11H2,1-3H3. The summed E-state index contributed by atoms with van der Waals surface area (Å²) in [7, 11) is 1.33. The molecule has 1 heterocycles. The van der Waals surface area contributed by atoms with Crippen LogP contribution in [0.4, 0.5) is 5.82 Å². The third-order valence-corrected chi connectivity index (χ3v) is 2.90. The van der Waals surface area contributed by atoms with Crippen LogP contribution in [0.25, 0.3) is 0 Å². The predicted molar refractivity (Wildman–Crippen MR) is 55.5 cm³/mol. The van der Waals surface area contributed by atoms with Crippen molar-refractivity contribution in [1.82, 2.24) is 9.55 Å². The Kier molecular flexibility index (Phi) is 2.17. The fraction of sp³-hybridized carbons (Fsp3) is 0.600. The molecule has 1 saturated carbocycles. The van der Waals surface area contributed by atoms with E-state index in [1.807, 2.05) is 11.5 Å². The van der Waals surface area contributed by atoms with Crippen molar-refractivity contribution in [3.63, 3.8) is 0 Å². The van der Waals surface area contributed by atoms with Crippen LogP contribution in [-0.4, -0.2) is 22.6 Å². The Morgan fingerprint density at radius 3 is 2.73 bits per heavy atom. The number of carbonyl (C=O) groups excluding carboxylic acids is 1. The van der Waals surface area contributed by atoms with Gasteiger partial charge in [0.15, 0.2) is 5.69 Å². The van der Waals surface area contributed by atoms with E-state index in [0.717, 1.165) is 12.2 Å².